The SMILES string of the molecule is COc1ccc(NC(=O)/C(C#N)=C\c2nccn2CC(F)(F)F)cc1. The van der Waals surface area contributed by atoms with Crippen molar-refractivity contribution in [1.29, 1.82) is 5.26 Å². The Morgan fingerprint density at radius 3 is 2.64 bits per heavy atom. The fourth-order valence-corrected chi connectivity index (χ4v) is 1.94. The van der Waals surface area contributed by atoms with Gasteiger partial charge in [-0.3, -0.25) is 4.79 Å². The van der Waals surface area contributed by atoms with Crippen LogP contribution >= 0.6 is 0 Å². The van der Waals surface area contributed by atoms with E-state index in [4.69, 9.17) is 10.00 Å². The Bertz CT molecular complexity index is 817. The summed E-state index contributed by atoms with van der Waals surface area (Å²) in [7, 11) is 1.49. The number of hydrogen-bond donors (Lipinski definition) is 1. The number of alkyl halides is 3. The third-order valence-electron chi connectivity index (χ3n) is 3.08. The van der Waals surface area contributed by atoms with Gasteiger partial charge in [0.1, 0.15) is 29.8 Å². The zero-order chi connectivity index (χ0) is 18.4. The smallest absolute Gasteiger partial charge is 0.406 e. The summed E-state index contributed by atoms with van der Waals surface area (Å²) in [4.78, 5) is 15.9. The highest BCUT2D eigenvalue weighted by molar-refractivity contribution is 6.09. The maximum Gasteiger partial charge on any atom is 0.406 e. The van der Waals surface area contributed by atoms with Crippen LogP contribution in [0.1, 0.15) is 5.82 Å². The van der Waals surface area contributed by atoms with Crippen LogP contribution in [0.25, 0.3) is 6.08 Å². The van der Waals surface area contributed by atoms with Gasteiger partial charge >= 0.3 is 6.18 Å². The number of nitrogens with one attached hydrogen (secondary N) is 1. The number of amides is 1. The highest BCUT2D eigenvalue weighted by atomic mass is 19.4. The molecule has 130 valence electrons. The molecule has 1 N–H and O–H groups in total. The van der Waals surface area contributed by atoms with Crippen LogP contribution in [0.2, 0.25) is 0 Å². The first-order chi connectivity index (χ1) is 11.8. The van der Waals surface area contributed by atoms with Crippen molar-refractivity contribution >= 4 is 17.7 Å². The van der Waals surface area contributed by atoms with Crippen molar-refractivity contribution in [1.82, 2.24) is 9.55 Å². The van der Waals surface area contributed by atoms with Gasteiger partial charge in [-0.1, -0.05) is 0 Å². The first kappa shape index (κ1) is 18.1. The largest absolute Gasteiger partial charge is 0.497 e. The predicted molar refractivity (Wildman–Crippen MR) is 83.5 cm³/mol. The number of aromatic nitrogens is 2. The third kappa shape index (κ3) is 5.10. The number of anilines is 1. The molecule has 0 saturated carbocycles. The molecule has 0 aliphatic carbocycles. The lowest BCUT2D eigenvalue weighted by molar-refractivity contribution is -0.140. The lowest BCUT2D eigenvalue weighted by Crippen LogP contribution is -2.18. The number of ether oxygens (including phenoxy) is 1. The van der Waals surface area contributed by atoms with Crippen LogP contribution in [-0.4, -0.2) is 28.7 Å². The van der Waals surface area contributed by atoms with Gasteiger partial charge in [-0.2, -0.15) is 18.4 Å². The number of benzene rings is 1. The lowest BCUT2D eigenvalue weighted by atomic mass is 10.2. The second-order valence-corrected chi connectivity index (χ2v) is 4.88. The van der Waals surface area contributed by atoms with E-state index in [1.807, 2.05) is 0 Å². The minimum atomic E-state index is -4.44. The molecule has 0 spiro atoms. The van der Waals surface area contributed by atoms with E-state index in [9.17, 15) is 18.0 Å². The van der Waals surface area contributed by atoms with Crippen molar-refractivity contribution in [3.05, 3.63) is 48.1 Å². The zero-order valence-corrected chi connectivity index (χ0v) is 13.0. The van der Waals surface area contributed by atoms with Crippen molar-refractivity contribution in [2.24, 2.45) is 0 Å². The standard InChI is InChI=1S/C16H13F3N4O2/c1-25-13-4-2-12(3-5-13)22-15(24)11(9-20)8-14-21-6-7-23(14)10-16(17,18)19/h2-8H,10H2,1H3,(H,22,24)/b11-8-. The average molecular weight is 350 g/mol. The Morgan fingerprint density at radius 1 is 1.40 bits per heavy atom. The van der Waals surface area contributed by atoms with E-state index in [0.29, 0.717) is 11.4 Å². The van der Waals surface area contributed by atoms with Gasteiger partial charge in [0.15, 0.2) is 0 Å². The van der Waals surface area contributed by atoms with E-state index < -0.39 is 18.6 Å². The number of imidazole rings is 1. The molecule has 2 rings (SSSR count). The Balaban J connectivity index is 2.18. The number of nitriles is 1. The highest BCUT2D eigenvalue weighted by Crippen LogP contribution is 2.20. The summed E-state index contributed by atoms with van der Waals surface area (Å²) in [6.45, 7) is -1.27. The Labute approximate surface area is 141 Å². The quantitative estimate of drug-likeness (QED) is 0.664. The fraction of sp³-hybridized carbons (Fsp3) is 0.188. The third-order valence-corrected chi connectivity index (χ3v) is 3.08. The number of rotatable bonds is 5. The molecule has 0 aliphatic heterocycles. The minimum Gasteiger partial charge on any atom is -0.497 e. The maximum atomic E-state index is 12.5. The molecular weight excluding hydrogens is 337 g/mol. The van der Waals surface area contributed by atoms with E-state index in [0.717, 1.165) is 23.0 Å². The molecule has 25 heavy (non-hydrogen) atoms. The second-order valence-electron chi connectivity index (χ2n) is 4.88. The van der Waals surface area contributed by atoms with Gasteiger partial charge in [0.25, 0.3) is 5.91 Å². The average Bonchev–Trinajstić information content (AvgIpc) is 2.98. The molecule has 1 aromatic carbocycles. The fourth-order valence-electron chi connectivity index (χ4n) is 1.94. The molecule has 1 amide bonds. The van der Waals surface area contributed by atoms with Crippen LogP contribution in [0.3, 0.4) is 0 Å². The van der Waals surface area contributed by atoms with Crippen molar-refractivity contribution in [3.63, 3.8) is 0 Å². The summed E-state index contributed by atoms with van der Waals surface area (Å²) in [5.41, 5.74) is 0.0380. The Kier molecular flexibility index (Phi) is 5.44. The number of halogens is 3. The summed E-state index contributed by atoms with van der Waals surface area (Å²) in [6.07, 6.45) is -1.16. The molecular formula is C16H13F3N4O2. The van der Waals surface area contributed by atoms with E-state index in [2.05, 4.69) is 10.3 Å². The second kappa shape index (κ2) is 7.53. The number of methoxy groups -OCH3 is 1. The van der Waals surface area contributed by atoms with E-state index in [1.54, 1.807) is 30.3 Å². The topological polar surface area (TPSA) is 79.9 Å². The van der Waals surface area contributed by atoms with Gasteiger partial charge in [0, 0.05) is 24.2 Å². The summed E-state index contributed by atoms with van der Waals surface area (Å²) in [5, 5.41) is 11.6. The van der Waals surface area contributed by atoms with Gasteiger partial charge in [0.2, 0.25) is 0 Å². The molecule has 2 aromatic rings. The molecule has 1 aromatic heterocycles. The van der Waals surface area contributed by atoms with Crippen LogP contribution in [0.5, 0.6) is 5.75 Å². The monoisotopic (exact) mass is 350 g/mol. The van der Waals surface area contributed by atoms with E-state index >= 15 is 0 Å². The minimum absolute atomic E-state index is 0.140. The predicted octanol–water partition coefficient (Wildman–Crippen LogP) is 3.00. The number of carbonyl (C=O) groups excluding carboxylic acids is 1. The van der Waals surface area contributed by atoms with Crippen molar-refractivity contribution in [3.8, 4) is 11.8 Å². The summed E-state index contributed by atoms with van der Waals surface area (Å²) in [6, 6.07) is 8.02. The van der Waals surface area contributed by atoms with Gasteiger partial charge in [-0.15, -0.1) is 0 Å². The molecule has 0 aliphatic rings. The molecule has 0 fully saturated rings. The normalized spacial score (nSPS) is 11.7. The summed E-state index contributed by atoms with van der Waals surface area (Å²) >= 11 is 0. The van der Waals surface area contributed by atoms with Gasteiger partial charge in [-0.25, -0.2) is 4.98 Å². The first-order valence-electron chi connectivity index (χ1n) is 6.97. The molecule has 0 atom stereocenters. The first-order valence-corrected chi connectivity index (χ1v) is 6.97. The van der Waals surface area contributed by atoms with Gasteiger partial charge in [0.05, 0.1) is 7.11 Å². The van der Waals surface area contributed by atoms with Gasteiger partial charge < -0.3 is 14.6 Å². The van der Waals surface area contributed by atoms with Crippen LogP contribution in [0, 0.1) is 11.3 Å². The van der Waals surface area contributed by atoms with Crippen molar-refractivity contribution < 1.29 is 22.7 Å². The van der Waals surface area contributed by atoms with Gasteiger partial charge in [-0.05, 0) is 24.3 Å². The van der Waals surface area contributed by atoms with Crippen LogP contribution in [-0.2, 0) is 11.3 Å². The molecule has 6 nitrogen and oxygen atoms in total. The van der Waals surface area contributed by atoms with E-state index in [-0.39, 0.29) is 11.4 Å². The van der Waals surface area contributed by atoms with E-state index in [1.165, 1.54) is 7.11 Å². The highest BCUT2D eigenvalue weighted by Gasteiger charge is 2.28. The maximum absolute atomic E-state index is 12.5. The zero-order valence-electron chi connectivity index (χ0n) is 13.0. The van der Waals surface area contributed by atoms with Crippen LogP contribution < -0.4 is 10.1 Å². The molecule has 0 bridgehead atoms. The number of hydrogen-bond acceptors (Lipinski definition) is 4. The summed E-state index contributed by atoms with van der Waals surface area (Å²) in [5.74, 6) is -0.309. The molecule has 9 heteroatoms. The molecule has 1 heterocycles. The molecule has 0 unspecified atom stereocenters. The lowest BCUT2D eigenvalue weighted by Gasteiger charge is -2.09. The molecule has 0 saturated heterocycles. The van der Waals surface area contributed by atoms with Crippen molar-refractivity contribution in [2.45, 2.75) is 12.7 Å². The van der Waals surface area contributed by atoms with Crippen LogP contribution in [0.4, 0.5) is 18.9 Å². The Morgan fingerprint density at radius 2 is 2.08 bits per heavy atom. The number of carbonyl (C=O) groups is 1. The van der Waals surface area contributed by atoms with Crippen molar-refractivity contribution in [2.75, 3.05) is 12.4 Å². The van der Waals surface area contributed by atoms with Crippen LogP contribution in [0.15, 0.2) is 42.2 Å². The Hall–Kier alpha value is -3.28. The molecule has 0 radical (unpaired) electrons. The number of nitrogens with zero attached hydrogens (tertiary/aromatic N) is 3. The summed E-state index contributed by atoms with van der Waals surface area (Å²) < 4.78 is 43.3.